The molecular formula is C26H18Cl3N3O2S. The molecule has 4 rings (SSSR count). The Morgan fingerprint density at radius 2 is 1.69 bits per heavy atom. The highest BCUT2D eigenvalue weighted by Crippen LogP contribution is 2.42. The highest BCUT2D eigenvalue weighted by atomic mass is 35.5. The van der Waals surface area contributed by atoms with Gasteiger partial charge in [-0.15, -0.1) is 0 Å². The molecule has 5 nitrogen and oxygen atoms in total. The maximum absolute atomic E-state index is 13.5. The molecule has 1 heterocycles. The molecule has 9 heteroatoms. The average molecular weight is 543 g/mol. The number of nitrogens with zero attached hydrogens (tertiary/aromatic N) is 2. The lowest BCUT2D eigenvalue weighted by molar-refractivity contribution is -0.117. The van der Waals surface area contributed by atoms with Gasteiger partial charge in [-0.05, 0) is 53.9 Å². The van der Waals surface area contributed by atoms with E-state index in [1.54, 1.807) is 42.5 Å². The van der Waals surface area contributed by atoms with Crippen molar-refractivity contribution in [3.63, 3.8) is 0 Å². The van der Waals surface area contributed by atoms with Crippen molar-refractivity contribution in [2.75, 3.05) is 4.90 Å². The molecule has 0 unspecified atom stereocenters. The second-order valence-electron chi connectivity index (χ2n) is 7.67. The normalized spacial score (nSPS) is 16.7. The van der Waals surface area contributed by atoms with Gasteiger partial charge in [-0.25, -0.2) is 0 Å². The minimum atomic E-state index is -0.566. The van der Waals surface area contributed by atoms with Gasteiger partial charge in [0.05, 0.1) is 15.3 Å². The van der Waals surface area contributed by atoms with E-state index in [2.05, 4.69) is 5.32 Å². The SMILES string of the molecule is N#C/C(C(=O)NCc1ccccc1)=C1/S[C@@H](Cc2ccc(Cl)c(Cl)c2)C(=O)N1c1ccc(Cl)cc1. The first-order valence-electron chi connectivity index (χ1n) is 10.5. The molecule has 1 N–H and O–H groups in total. The Balaban J connectivity index is 1.67. The summed E-state index contributed by atoms with van der Waals surface area (Å²) in [6.45, 7) is 0.254. The lowest BCUT2D eigenvalue weighted by Crippen LogP contribution is -2.32. The van der Waals surface area contributed by atoms with E-state index in [9.17, 15) is 14.9 Å². The zero-order chi connectivity index (χ0) is 24.9. The highest BCUT2D eigenvalue weighted by molar-refractivity contribution is 8.05. The van der Waals surface area contributed by atoms with Crippen LogP contribution < -0.4 is 10.2 Å². The van der Waals surface area contributed by atoms with Crippen LogP contribution in [0.25, 0.3) is 0 Å². The second-order valence-corrected chi connectivity index (χ2v) is 10.1. The summed E-state index contributed by atoms with van der Waals surface area (Å²) in [5.74, 6) is -0.803. The minimum Gasteiger partial charge on any atom is -0.347 e. The fourth-order valence-corrected chi connectivity index (χ4v) is 5.31. The molecule has 0 radical (unpaired) electrons. The third-order valence-corrected chi connectivity index (χ3v) is 7.55. The lowest BCUT2D eigenvalue weighted by atomic mass is 10.1. The van der Waals surface area contributed by atoms with E-state index in [4.69, 9.17) is 34.8 Å². The average Bonchev–Trinajstić information content (AvgIpc) is 3.17. The smallest absolute Gasteiger partial charge is 0.264 e. The zero-order valence-electron chi connectivity index (χ0n) is 18.2. The summed E-state index contributed by atoms with van der Waals surface area (Å²) in [5, 5.41) is 13.7. The van der Waals surface area contributed by atoms with Crippen molar-refractivity contribution in [1.82, 2.24) is 5.32 Å². The molecule has 3 aromatic carbocycles. The number of benzene rings is 3. The molecule has 1 aliphatic heterocycles. The number of anilines is 1. The van der Waals surface area contributed by atoms with Crippen LogP contribution in [0.4, 0.5) is 5.69 Å². The Labute approximate surface area is 222 Å². The van der Waals surface area contributed by atoms with Crippen molar-refractivity contribution >= 4 is 64.1 Å². The highest BCUT2D eigenvalue weighted by Gasteiger charge is 2.40. The largest absolute Gasteiger partial charge is 0.347 e. The van der Waals surface area contributed by atoms with Gasteiger partial charge in [0, 0.05) is 17.3 Å². The number of rotatable bonds is 6. The molecule has 3 aromatic rings. The monoisotopic (exact) mass is 541 g/mol. The van der Waals surface area contributed by atoms with Gasteiger partial charge in [0.15, 0.2) is 0 Å². The van der Waals surface area contributed by atoms with Crippen LogP contribution in [0.15, 0.2) is 83.4 Å². The maximum atomic E-state index is 13.5. The Kier molecular flexibility index (Phi) is 8.04. The van der Waals surface area contributed by atoms with E-state index < -0.39 is 11.2 Å². The molecule has 1 aliphatic rings. The number of carbonyl (C=O) groups excluding carboxylic acids is 2. The molecule has 0 saturated carbocycles. The number of nitrogens with one attached hydrogen (secondary N) is 1. The third kappa shape index (κ3) is 5.83. The summed E-state index contributed by atoms with van der Waals surface area (Å²) in [6, 6.07) is 23.2. The summed E-state index contributed by atoms with van der Waals surface area (Å²) in [5.41, 5.74) is 2.09. The van der Waals surface area contributed by atoms with E-state index >= 15 is 0 Å². The van der Waals surface area contributed by atoms with E-state index in [-0.39, 0.29) is 23.1 Å². The van der Waals surface area contributed by atoms with E-state index in [0.29, 0.717) is 27.2 Å². The van der Waals surface area contributed by atoms with Crippen molar-refractivity contribution in [2.45, 2.75) is 18.2 Å². The van der Waals surface area contributed by atoms with Gasteiger partial charge in [0.1, 0.15) is 16.7 Å². The van der Waals surface area contributed by atoms with Crippen molar-refractivity contribution < 1.29 is 9.59 Å². The number of thioether (sulfide) groups is 1. The lowest BCUT2D eigenvalue weighted by Gasteiger charge is -2.19. The van der Waals surface area contributed by atoms with E-state index in [1.165, 1.54) is 16.7 Å². The van der Waals surface area contributed by atoms with Gasteiger partial charge < -0.3 is 5.32 Å². The second kappa shape index (κ2) is 11.2. The molecule has 2 amide bonds. The van der Waals surface area contributed by atoms with Crippen molar-refractivity contribution in [3.8, 4) is 6.07 Å². The standard InChI is InChI=1S/C26H18Cl3N3O2S/c27-18-7-9-19(10-8-18)32-25(34)23(13-17-6-11-21(28)22(29)12-17)35-26(32)20(14-30)24(33)31-15-16-4-2-1-3-5-16/h1-12,23H,13,15H2,(H,31,33)/b26-20-/t23-/m0/s1. The van der Waals surface area contributed by atoms with Gasteiger partial charge >= 0.3 is 0 Å². The van der Waals surface area contributed by atoms with E-state index in [1.807, 2.05) is 36.4 Å². The Hall–Kier alpha value is -2.95. The summed E-state index contributed by atoms with van der Waals surface area (Å²) < 4.78 is 0. The van der Waals surface area contributed by atoms with Crippen molar-refractivity contribution in [2.24, 2.45) is 0 Å². The van der Waals surface area contributed by atoms with Crippen molar-refractivity contribution in [3.05, 3.63) is 110 Å². The first-order chi connectivity index (χ1) is 16.9. The first-order valence-corrected chi connectivity index (χ1v) is 12.6. The Morgan fingerprint density at radius 1 is 0.971 bits per heavy atom. The van der Waals surface area contributed by atoms with E-state index in [0.717, 1.165) is 11.1 Å². The van der Waals surface area contributed by atoms with Gasteiger partial charge in [0.2, 0.25) is 5.91 Å². The number of amides is 2. The van der Waals surface area contributed by atoms with Gasteiger partial charge in [-0.3, -0.25) is 14.5 Å². The molecule has 1 saturated heterocycles. The summed E-state index contributed by atoms with van der Waals surface area (Å²) in [7, 11) is 0. The molecule has 0 aromatic heterocycles. The predicted molar refractivity (Wildman–Crippen MR) is 141 cm³/mol. The topological polar surface area (TPSA) is 73.2 Å². The summed E-state index contributed by atoms with van der Waals surface area (Å²) >= 11 is 19.4. The molecule has 1 fully saturated rings. The Morgan fingerprint density at radius 3 is 2.34 bits per heavy atom. The fourth-order valence-electron chi connectivity index (χ4n) is 3.56. The molecule has 0 bridgehead atoms. The van der Waals surface area contributed by atoms with Crippen LogP contribution >= 0.6 is 46.6 Å². The van der Waals surface area contributed by atoms with Crippen LogP contribution in [0, 0.1) is 11.3 Å². The van der Waals surface area contributed by atoms with Crippen LogP contribution in [-0.4, -0.2) is 17.1 Å². The van der Waals surface area contributed by atoms with Gasteiger partial charge in [0.25, 0.3) is 5.91 Å². The Bertz CT molecular complexity index is 1340. The number of halogens is 3. The molecule has 176 valence electrons. The number of nitriles is 1. The molecule has 1 atom stereocenters. The van der Waals surface area contributed by atoms with Crippen LogP contribution in [0.3, 0.4) is 0 Å². The zero-order valence-corrected chi connectivity index (χ0v) is 21.3. The third-order valence-electron chi connectivity index (χ3n) is 5.29. The van der Waals surface area contributed by atoms with Crippen LogP contribution in [0.1, 0.15) is 11.1 Å². The van der Waals surface area contributed by atoms with Crippen molar-refractivity contribution in [1.29, 1.82) is 5.26 Å². The maximum Gasteiger partial charge on any atom is 0.264 e. The van der Waals surface area contributed by atoms with Crippen LogP contribution in [0.5, 0.6) is 0 Å². The summed E-state index contributed by atoms with van der Waals surface area (Å²) in [6.07, 6.45) is 0.346. The van der Waals surface area contributed by atoms with Crippen LogP contribution in [0.2, 0.25) is 15.1 Å². The molecule has 0 aliphatic carbocycles. The minimum absolute atomic E-state index is 0.133. The predicted octanol–water partition coefficient (Wildman–Crippen LogP) is 6.39. The van der Waals surface area contributed by atoms with Gasteiger partial charge in [-0.2, -0.15) is 5.26 Å². The number of carbonyl (C=O) groups is 2. The van der Waals surface area contributed by atoms with Crippen LogP contribution in [-0.2, 0) is 22.6 Å². The number of hydrogen-bond donors (Lipinski definition) is 1. The molecule has 35 heavy (non-hydrogen) atoms. The number of hydrogen-bond acceptors (Lipinski definition) is 4. The quantitative estimate of drug-likeness (QED) is 0.289. The fraction of sp³-hybridized carbons (Fsp3) is 0.115. The summed E-state index contributed by atoms with van der Waals surface area (Å²) in [4.78, 5) is 27.9. The first kappa shape index (κ1) is 25.2. The molecule has 0 spiro atoms. The molecular weight excluding hydrogens is 525 g/mol. The van der Waals surface area contributed by atoms with Gasteiger partial charge in [-0.1, -0.05) is 83.0 Å².